The molecule has 0 bridgehead atoms. The summed E-state index contributed by atoms with van der Waals surface area (Å²) in [5.41, 5.74) is 3.01. The van der Waals surface area contributed by atoms with Crippen molar-refractivity contribution in [3.8, 4) is 5.75 Å². The minimum atomic E-state index is -0.140. The molecule has 0 fully saturated rings. The first-order valence-corrected chi connectivity index (χ1v) is 8.38. The molecule has 0 aliphatic heterocycles. The molecule has 0 saturated carbocycles. The lowest BCUT2D eigenvalue weighted by molar-refractivity contribution is -0.143. The van der Waals surface area contributed by atoms with Gasteiger partial charge in [-0.1, -0.05) is 53.2 Å². The molecule has 1 aromatic rings. The van der Waals surface area contributed by atoms with Crippen LogP contribution in [0.4, 0.5) is 0 Å². The zero-order valence-electron chi connectivity index (χ0n) is 14.6. The highest BCUT2D eigenvalue weighted by atomic mass is 16.5. The Hall–Kier alpha value is -1.51. The van der Waals surface area contributed by atoms with Crippen LogP contribution in [0.25, 0.3) is 0 Å². The van der Waals surface area contributed by atoms with E-state index in [0.717, 1.165) is 29.5 Å². The van der Waals surface area contributed by atoms with Crippen molar-refractivity contribution < 1.29 is 14.6 Å². The van der Waals surface area contributed by atoms with Crippen LogP contribution in [0.15, 0.2) is 12.1 Å². The fraction of sp³-hybridized carbons (Fsp3) is 0.632. The first kappa shape index (κ1) is 18.5. The summed E-state index contributed by atoms with van der Waals surface area (Å²) in [4.78, 5) is 11.7. The molecule has 0 spiro atoms. The van der Waals surface area contributed by atoms with Gasteiger partial charge in [-0.05, 0) is 41.4 Å². The van der Waals surface area contributed by atoms with Crippen molar-refractivity contribution in [3.05, 3.63) is 28.8 Å². The van der Waals surface area contributed by atoms with E-state index in [2.05, 4.69) is 34.6 Å². The molecule has 3 nitrogen and oxygen atoms in total. The summed E-state index contributed by atoms with van der Waals surface area (Å²) in [5.74, 6) is 0.779. The number of aryl methyl sites for hydroxylation is 1. The number of unbranched alkanes of at least 4 members (excludes halogenated alkanes) is 1. The molecule has 1 rings (SSSR count). The van der Waals surface area contributed by atoms with Gasteiger partial charge in [0.1, 0.15) is 5.75 Å². The number of hydrogen-bond acceptors (Lipinski definition) is 3. The Balaban J connectivity index is 2.80. The van der Waals surface area contributed by atoms with Gasteiger partial charge < -0.3 is 9.84 Å². The molecule has 0 radical (unpaired) electrons. The summed E-state index contributed by atoms with van der Waals surface area (Å²) in [6.45, 7) is 10.9. The Morgan fingerprint density at radius 1 is 1.14 bits per heavy atom. The lowest BCUT2D eigenvalue weighted by Crippen LogP contribution is -2.07. The number of carbonyl (C=O) groups excluding carboxylic acids is 1. The van der Waals surface area contributed by atoms with Crippen molar-refractivity contribution >= 4 is 5.97 Å². The van der Waals surface area contributed by atoms with E-state index < -0.39 is 0 Å². The van der Waals surface area contributed by atoms with E-state index in [1.807, 2.05) is 12.1 Å². The van der Waals surface area contributed by atoms with Crippen LogP contribution in [0.5, 0.6) is 5.75 Å². The molecule has 0 aliphatic carbocycles. The standard InChI is InChI=1S/C19H30O3/c1-6-7-10-22-18(20)9-8-15-11-16(13(2)3)19(21)17(12-15)14(4)5/h11-14,21H,6-10H2,1-5H3. The van der Waals surface area contributed by atoms with Gasteiger partial charge in [-0.2, -0.15) is 0 Å². The molecule has 124 valence electrons. The molecule has 0 unspecified atom stereocenters. The smallest absolute Gasteiger partial charge is 0.306 e. The monoisotopic (exact) mass is 306 g/mol. The molecule has 0 amide bonds. The van der Waals surface area contributed by atoms with E-state index in [4.69, 9.17) is 4.74 Å². The number of ether oxygens (including phenoxy) is 1. The van der Waals surface area contributed by atoms with Gasteiger partial charge in [-0.15, -0.1) is 0 Å². The first-order chi connectivity index (χ1) is 10.4. The predicted octanol–water partition coefficient (Wildman–Crippen LogP) is 4.91. The van der Waals surface area contributed by atoms with Crippen LogP contribution < -0.4 is 0 Å². The summed E-state index contributed by atoms with van der Waals surface area (Å²) in [7, 11) is 0. The number of esters is 1. The molecule has 1 N–H and O–H groups in total. The molecular weight excluding hydrogens is 276 g/mol. The largest absolute Gasteiger partial charge is 0.507 e. The maximum Gasteiger partial charge on any atom is 0.306 e. The summed E-state index contributed by atoms with van der Waals surface area (Å²) >= 11 is 0. The van der Waals surface area contributed by atoms with E-state index in [0.29, 0.717) is 25.2 Å². The summed E-state index contributed by atoms with van der Waals surface area (Å²) in [6, 6.07) is 4.04. The summed E-state index contributed by atoms with van der Waals surface area (Å²) in [5, 5.41) is 10.4. The highest BCUT2D eigenvalue weighted by Gasteiger charge is 2.15. The molecule has 0 aliphatic rings. The van der Waals surface area contributed by atoms with Gasteiger partial charge in [0.25, 0.3) is 0 Å². The Morgan fingerprint density at radius 2 is 1.68 bits per heavy atom. The number of carbonyl (C=O) groups is 1. The molecule has 0 aromatic heterocycles. The van der Waals surface area contributed by atoms with E-state index >= 15 is 0 Å². The van der Waals surface area contributed by atoms with Crippen LogP contribution in [-0.2, 0) is 16.0 Å². The Kier molecular flexibility index (Phi) is 7.43. The van der Waals surface area contributed by atoms with Crippen LogP contribution >= 0.6 is 0 Å². The van der Waals surface area contributed by atoms with Crippen molar-refractivity contribution in [2.75, 3.05) is 6.61 Å². The van der Waals surface area contributed by atoms with Gasteiger partial charge in [0.2, 0.25) is 0 Å². The fourth-order valence-electron chi connectivity index (χ4n) is 2.42. The maximum atomic E-state index is 11.7. The maximum absolute atomic E-state index is 11.7. The van der Waals surface area contributed by atoms with Crippen LogP contribution in [0.2, 0.25) is 0 Å². The van der Waals surface area contributed by atoms with E-state index in [1.165, 1.54) is 0 Å². The molecule has 1 aromatic carbocycles. The summed E-state index contributed by atoms with van der Waals surface area (Å²) in [6.07, 6.45) is 2.99. The second kappa shape index (κ2) is 8.82. The predicted molar refractivity (Wildman–Crippen MR) is 90.5 cm³/mol. The van der Waals surface area contributed by atoms with Gasteiger partial charge in [0.15, 0.2) is 0 Å². The molecule has 0 saturated heterocycles. The van der Waals surface area contributed by atoms with Crippen molar-refractivity contribution in [2.45, 2.75) is 72.1 Å². The second-order valence-corrected chi connectivity index (χ2v) is 6.51. The number of rotatable bonds is 8. The van der Waals surface area contributed by atoms with Crippen LogP contribution in [0.3, 0.4) is 0 Å². The zero-order chi connectivity index (χ0) is 16.7. The third kappa shape index (κ3) is 5.36. The Morgan fingerprint density at radius 3 is 2.14 bits per heavy atom. The number of aromatic hydroxyl groups is 1. The Labute approximate surface area is 134 Å². The lowest BCUT2D eigenvalue weighted by atomic mass is 9.90. The topological polar surface area (TPSA) is 46.5 Å². The molecular formula is C19H30O3. The average Bonchev–Trinajstić information content (AvgIpc) is 2.45. The molecule has 0 heterocycles. The van der Waals surface area contributed by atoms with Crippen molar-refractivity contribution in [2.24, 2.45) is 0 Å². The highest BCUT2D eigenvalue weighted by molar-refractivity contribution is 5.69. The highest BCUT2D eigenvalue weighted by Crippen LogP contribution is 2.35. The first-order valence-electron chi connectivity index (χ1n) is 8.38. The second-order valence-electron chi connectivity index (χ2n) is 6.51. The van der Waals surface area contributed by atoms with Gasteiger partial charge in [0.05, 0.1) is 6.61 Å². The van der Waals surface area contributed by atoms with Gasteiger partial charge >= 0.3 is 5.97 Å². The van der Waals surface area contributed by atoms with E-state index in [1.54, 1.807) is 0 Å². The van der Waals surface area contributed by atoms with Gasteiger partial charge in [-0.3, -0.25) is 4.79 Å². The summed E-state index contributed by atoms with van der Waals surface area (Å²) < 4.78 is 5.19. The average molecular weight is 306 g/mol. The zero-order valence-corrected chi connectivity index (χ0v) is 14.6. The van der Waals surface area contributed by atoms with Crippen LogP contribution in [0, 0.1) is 0 Å². The van der Waals surface area contributed by atoms with Crippen LogP contribution in [0.1, 0.15) is 82.4 Å². The van der Waals surface area contributed by atoms with Gasteiger partial charge in [-0.25, -0.2) is 0 Å². The minimum absolute atomic E-state index is 0.140. The third-order valence-corrected chi connectivity index (χ3v) is 3.85. The van der Waals surface area contributed by atoms with E-state index in [9.17, 15) is 9.90 Å². The molecule has 0 atom stereocenters. The number of phenols is 1. The SMILES string of the molecule is CCCCOC(=O)CCc1cc(C(C)C)c(O)c(C(C)C)c1. The normalized spacial score (nSPS) is 11.2. The fourth-order valence-corrected chi connectivity index (χ4v) is 2.42. The number of benzene rings is 1. The van der Waals surface area contributed by atoms with E-state index in [-0.39, 0.29) is 17.8 Å². The van der Waals surface area contributed by atoms with Crippen LogP contribution in [-0.4, -0.2) is 17.7 Å². The quantitative estimate of drug-likeness (QED) is 0.548. The Bertz CT molecular complexity index is 460. The van der Waals surface area contributed by atoms with Crippen molar-refractivity contribution in [1.29, 1.82) is 0 Å². The molecule has 22 heavy (non-hydrogen) atoms. The molecule has 3 heteroatoms. The lowest BCUT2D eigenvalue weighted by Gasteiger charge is -2.17. The number of hydrogen-bond donors (Lipinski definition) is 1. The van der Waals surface area contributed by atoms with Gasteiger partial charge in [0, 0.05) is 6.42 Å². The minimum Gasteiger partial charge on any atom is -0.507 e. The number of phenolic OH excluding ortho intramolecular Hbond substituents is 1. The third-order valence-electron chi connectivity index (χ3n) is 3.85. The van der Waals surface area contributed by atoms with Crippen molar-refractivity contribution in [1.82, 2.24) is 0 Å². The van der Waals surface area contributed by atoms with Crippen molar-refractivity contribution in [3.63, 3.8) is 0 Å².